The predicted molar refractivity (Wildman–Crippen MR) is 85.4 cm³/mol. The Morgan fingerprint density at radius 2 is 1.52 bits per heavy atom. The average molecular weight is 385 g/mol. The third-order valence-electron chi connectivity index (χ3n) is 3.63. The summed E-state index contributed by atoms with van der Waals surface area (Å²) in [7, 11) is 0. The van der Waals surface area contributed by atoms with Gasteiger partial charge in [-0.3, -0.25) is 24.2 Å². The van der Waals surface area contributed by atoms with Gasteiger partial charge in [0.25, 0.3) is 5.56 Å². The second kappa shape index (κ2) is 8.12. The van der Waals surface area contributed by atoms with Crippen molar-refractivity contribution < 1.29 is 33.3 Å². The van der Waals surface area contributed by atoms with Gasteiger partial charge in [0, 0.05) is 20.8 Å². The van der Waals surface area contributed by atoms with Gasteiger partial charge < -0.3 is 18.9 Å². The van der Waals surface area contributed by atoms with E-state index in [2.05, 4.69) is 5.10 Å². The third-order valence-corrected chi connectivity index (χ3v) is 3.63. The maximum Gasteiger partial charge on any atom is 0.347 e. The molecule has 1 aliphatic heterocycles. The lowest BCUT2D eigenvalue weighted by atomic mass is 9.98. The summed E-state index contributed by atoms with van der Waals surface area (Å²) in [5.74, 6) is -2.17. The van der Waals surface area contributed by atoms with Crippen LogP contribution in [0.25, 0.3) is 0 Å². The van der Waals surface area contributed by atoms with Gasteiger partial charge in [-0.2, -0.15) is 9.78 Å². The number of nitrogens with zero attached hydrogens (tertiary/aromatic N) is 2. The van der Waals surface area contributed by atoms with Crippen molar-refractivity contribution in [1.82, 2.24) is 14.8 Å². The second-order valence-corrected chi connectivity index (χ2v) is 5.84. The normalized spacial score (nSPS) is 27.5. The van der Waals surface area contributed by atoms with Gasteiger partial charge in [-0.15, -0.1) is 0 Å². The van der Waals surface area contributed by atoms with Crippen LogP contribution in [-0.2, 0) is 33.3 Å². The lowest BCUT2D eigenvalue weighted by Gasteiger charge is -2.43. The summed E-state index contributed by atoms with van der Waals surface area (Å²) in [6.45, 7) is 4.88. The first kappa shape index (κ1) is 20.3. The molecule has 0 saturated carbocycles. The van der Waals surface area contributed by atoms with E-state index in [1.54, 1.807) is 0 Å². The van der Waals surface area contributed by atoms with Crippen LogP contribution in [0.1, 0.15) is 33.9 Å². The number of ether oxygens (including phenoxy) is 4. The Hall–Kier alpha value is -3.02. The first-order valence-electron chi connectivity index (χ1n) is 7.95. The molecule has 5 atom stereocenters. The van der Waals surface area contributed by atoms with Crippen molar-refractivity contribution in [3.8, 4) is 0 Å². The summed E-state index contributed by atoms with van der Waals surface area (Å²) in [6, 6.07) is 0. The van der Waals surface area contributed by atoms with Crippen LogP contribution in [0.15, 0.2) is 15.8 Å². The van der Waals surface area contributed by atoms with Gasteiger partial charge in [-0.05, 0) is 6.92 Å². The third kappa shape index (κ3) is 4.78. The van der Waals surface area contributed by atoms with E-state index in [1.807, 2.05) is 4.98 Å². The Morgan fingerprint density at radius 3 is 2.04 bits per heavy atom. The Kier molecular flexibility index (Phi) is 6.10. The fourth-order valence-electron chi connectivity index (χ4n) is 2.73. The zero-order valence-electron chi connectivity index (χ0n) is 15.0. The van der Waals surface area contributed by atoms with Crippen molar-refractivity contribution in [2.24, 2.45) is 0 Å². The molecule has 12 heteroatoms. The van der Waals surface area contributed by atoms with Crippen LogP contribution in [0.2, 0.25) is 0 Å². The molecule has 1 fully saturated rings. The fourth-order valence-corrected chi connectivity index (χ4v) is 2.73. The van der Waals surface area contributed by atoms with Gasteiger partial charge in [-0.1, -0.05) is 0 Å². The largest absolute Gasteiger partial charge is 0.456 e. The molecule has 5 unspecified atom stereocenters. The molecule has 12 nitrogen and oxygen atoms in total. The fraction of sp³-hybridized carbons (Fsp3) is 0.600. The highest BCUT2D eigenvalue weighted by Crippen LogP contribution is 2.33. The highest BCUT2D eigenvalue weighted by Gasteiger charge is 2.51. The van der Waals surface area contributed by atoms with E-state index in [0.717, 1.165) is 31.6 Å². The minimum Gasteiger partial charge on any atom is -0.456 e. The smallest absolute Gasteiger partial charge is 0.347 e. The van der Waals surface area contributed by atoms with Crippen LogP contribution in [0.5, 0.6) is 0 Å². The number of esters is 3. The van der Waals surface area contributed by atoms with E-state index in [4.69, 9.17) is 18.9 Å². The van der Waals surface area contributed by atoms with Crippen LogP contribution in [0.3, 0.4) is 0 Å². The second-order valence-electron chi connectivity index (χ2n) is 5.84. The van der Waals surface area contributed by atoms with Gasteiger partial charge in [-0.25, -0.2) is 4.79 Å². The quantitative estimate of drug-likeness (QED) is 0.485. The molecular weight excluding hydrogens is 366 g/mol. The lowest BCUT2D eigenvalue weighted by molar-refractivity contribution is -0.262. The Labute approximate surface area is 152 Å². The monoisotopic (exact) mass is 385 g/mol. The van der Waals surface area contributed by atoms with Gasteiger partial charge in [0.2, 0.25) is 0 Å². The molecule has 148 valence electrons. The van der Waals surface area contributed by atoms with Crippen molar-refractivity contribution >= 4 is 17.9 Å². The van der Waals surface area contributed by atoms with Crippen molar-refractivity contribution in [1.29, 1.82) is 0 Å². The molecule has 2 heterocycles. The maximum absolute atomic E-state index is 12.1. The zero-order valence-corrected chi connectivity index (χ0v) is 15.0. The molecule has 0 amide bonds. The minimum atomic E-state index is -1.37. The molecule has 27 heavy (non-hydrogen) atoms. The predicted octanol–water partition coefficient (Wildman–Crippen LogP) is -1.36. The van der Waals surface area contributed by atoms with E-state index in [9.17, 15) is 24.0 Å². The van der Waals surface area contributed by atoms with Crippen molar-refractivity contribution in [2.75, 3.05) is 0 Å². The van der Waals surface area contributed by atoms with Crippen LogP contribution < -0.4 is 11.2 Å². The van der Waals surface area contributed by atoms with Crippen LogP contribution in [0, 0.1) is 0 Å². The summed E-state index contributed by atoms with van der Waals surface area (Å²) in [5.41, 5.74) is -1.66. The van der Waals surface area contributed by atoms with Gasteiger partial charge in [0.15, 0.2) is 24.5 Å². The maximum atomic E-state index is 12.1. The number of hydrogen-bond acceptors (Lipinski definition) is 10. The number of H-pyrrole nitrogens is 1. The molecule has 0 bridgehead atoms. The number of nitrogens with one attached hydrogen (secondary N) is 1. The number of carbonyl (C=O) groups is 3. The highest BCUT2D eigenvalue weighted by molar-refractivity contribution is 5.68. The average Bonchev–Trinajstić information content (AvgIpc) is 2.52. The highest BCUT2D eigenvalue weighted by atomic mass is 16.7. The molecular formula is C15H19N3O9. The minimum absolute atomic E-state index is 0.674. The lowest BCUT2D eigenvalue weighted by Crippen LogP contribution is -2.60. The Morgan fingerprint density at radius 1 is 1.00 bits per heavy atom. The summed E-state index contributed by atoms with van der Waals surface area (Å²) >= 11 is 0. The van der Waals surface area contributed by atoms with E-state index in [1.165, 1.54) is 6.92 Å². The van der Waals surface area contributed by atoms with E-state index >= 15 is 0 Å². The van der Waals surface area contributed by atoms with E-state index in [0.29, 0.717) is 0 Å². The number of hydrogen-bond donors (Lipinski definition) is 1. The molecule has 1 aromatic rings. The summed E-state index contributed by atoms with van der Waals surface area (Å²) < 4.78 is 22.0. The van der Waals surface area contributed by atoms with Gasteiger partial charge >= 0.3 is 23.6 Å². The first-order valence-corrected chi connectivity index (χ1v) is 7.95. The number of aromatic nitrogens is 3. The molecule has 2 rings (SSSR count). The number of rotatable bonds is 4. The summed E-state index contributed by atoms with van der Waals surface area (Å²) in [6.07, 6.45) is -5.13. The van der Waals surface area contributed by atoms with Gasteiger partial charge in [0.05, 0.1) is 6.10 Å². The molecule has 0 aliphatic carbocycles. The molecule has 0 aromatic carbocycles. The molecule has 1 N–H and O–H groups in total. The molecule has 0 radical (unpaired) electrons. The zero-order chi connectivity index (χ0) is 20.3. The van der Waals surface area contributed by atoms with E-state index in [-0.39, 0.29) is 0 Å². The standard InChI is InChI=1S/C15H19N3O9/c1-6-11(25-7(2)19)12(26-8(3)20)13(27-9(4)21)14(24-6)18-15(23)17-10(22)5-16-18/h5-6,11-14H,1-4H3,(H,17,22,23). The van der Waals surface area contributed by atoms with E-state index < -0.39 is 59.8 Å². The van der Waals surface area contributed by atoms with Crippen molar-refractivity contribution in [2.45, 2.75) is 58.3 Å². The van der Waals surface area contributed by atoms with Crippen LogP contribution in [-0.4, -0.2) is 57.1 Å². The van der Waals surface area contributed by atoms with Crippen LogP contribution in [0.4, 0.5) is 0 Å². The van der Waals surface area contributed by atoms with Crippen molar-refractivity contribution in [3.63, 3.8) is 0 Å². The molecule has 1 aromatic heterocycles. The topological polar surface area (TPSA) is 156 Å². The molecule has 1 saturated heterocycles. The Balaban J connectivity index is 2.53. The Bertz CT molecular complexity index is 845. The number of aromatic amines is 1. The number of carbonyl (C=O) groups excluding carboxylic acids is 3. The first-order chi connectivity index (χ1) is 12.6. The van der Waals surface area contributed by atoms with Crippen molar-refractivity contribution in [3.05, 3.63) is 27.0 Å². The van der Waals surface area contributed by atoms with Gasteiger partial charge in [0.1, 0.15) is 6.20 Å². The molecule has 0 spiro atoms. The molecule has 1 aliphatic rings. The summed E-state index contributed by atoms with van der Waals surface area (Å²) in [4.78, 5) is 59.9. The SMILES string of the molecule is CC(=O)OC1C(C)OC(n2ncc(=O)[nH]c2=O)C(OC(C)=O)C1OC(C)=O. The van der Waals surface area contributed by atoms with Crippen LogP contribution >= 0.6 is 0 Å². The summed E-state index contributed by atoms with van der Waals surface area (Å²) in [5, 5.41) is 3.69.